The van der Waals surface area contributed by atoms with Crippen LogP contribution in [-0.2, 0) is 0 Å². The summed E-state index contributed by atoms with van der Waals surface area (Å²) in [4.78, 5) is 4.57. The van der Waals surface area contributed by atoms with Gasteiger partial charge in [0.1, 0.15) is 0 Å². The summed E-state index contributed by atoms with van der Waals surface area (Å²) in [5.74, 6) is 1.90. The molecular formula is C15H27N3O. The topological polar surface area (TPSA) is 64.9 Å². The molecule has 0 amide bonds. The summed E-state index contributed by atoms with van der Waals surface area (Å²) in [7, 11) is 0. The normalized spacial score (nSPS) is 20.8. The molecule has 1 fully saturated rings. The Bertz CT molecular complexity index is 386. The fraction of sp³-hybridized carbons (Fsp3) is 0.867. The first kappa shape index (κ1) is 14.5. The standard InChI is InChI=1S/C15H27N3O/c1-15(2,3)12(16)13-17-14(19-18-13)11-9-7-5-4-6-8-10-11/h11-12H,4-10,16H2,1-3H3. The van der Waals surface area contributed by atoms with Gasteiger partial charge in [-0.2, -0.15) is 4.98 Å². The minimum Gasteiger partial charge on any atom is -0.339 e. The maximum Gasteiger partial charge on any atom is 0.229 e. The van der Waals surface area contributed by atoms with Crippen LogP contribution in [0.25, 0.3) is 0 Å². The second-order valence-electron chi connectivity index (χ2n) is 6.88. The zero-order valence-corrected chi connectivity index (χ0v) is 12.5. The highest BCUT2D eigenvalue weighted by atomic mass is 16.5. The molecular weight excluding hydrogens is 238 g/mol. The molecule has 108 valence electrons. The lowest BCUT2D eigenvalue weighted by molar-refractivity contribution is 0.293. The van der Waals surface area contributed by atoms with Crippen molar-refractivity contribution < 1.29 is 4.52 Å². The Kier molecular flexibility index (Phi) is 4.61. The third-order valence-electron chi connectivity index (χ3n) is 4.12. The van der Waals surface area contributed by atoms with E-state index in [9.17, 15) is 0 Å². The molecule has 19 heavy (non-hydrogen) atoms. The number of nitrogens with zero attached hydrogens (tertiary/aromatic N) is 2. The van der Waals surface area contributed by atoms with Crippen molar-refractivity contribution in [1.82, 2.24) is 10.1 Å². The molecule has 0 aromatic carbocycles. The fourth-order valence-electron chi connectivity index (χ4n) is 2.63. The molecule has 1 aromatic rings. The van der Waals surface area contributed by atoms with Gasteiger partial charge in [0.05, 0.1) is 6.04 Å². The molecule has 1 saturated carbocycles. The van der Waals surface area contributed by atoms with Crippen LogP contribution >= 0.6 is 0 Å². The van der Waals surface area contributed by atoms with E-state index in [-0.39, 0.29) is 11.5 Å². The van der Waals surface area contributed by atoms with Crippen molar-refractivity contribution in [3.8, 4) is 0 Å². The van der Waals surface area contributed by atoms with E-state index < -0.39 is 0 Å². The van der Waals surface area contributed by atoms with Crippen LogP contribution in [0.15, 0.2) is 4.52 Å². The molecule has 0 spiro atoms. The molecule has 0 bridgehead atoms. The van der Waals surface area contributed by atoms with Crippen LogP contribution in [0, 0.1) is 5.41 Å². The smallest absolute Gasteiger partial charge is 0.229 e. The zero-order chi connectivity index (χ0) is 13.9. The predicted octanol–water partition coefficient (Wildman–Crippen LogP) is 3.94. The van der Waals surface area contributed by atoms with Gasteiger partial charge >= 0.3 is 0 Å². The summed E-state index contributed by atoms with van der Waals surface area (Å²) in [6, 6.07) is -0.168. The monoisotopic (exact) mass is 265 g/mol. The van der Waals surface area contributed by atoms with E-state index in [2.05, 4.69) is 30.9 Å². The highest BCUT2D eigenvalue weighted by Crippen LogP contribution is 2.33. The van der Waals surface area contributed by atoms with E-state index in [1.807, 2.05) is 0 Å². The molecule has 1 aromatic heterocycles. The lowest BCUT2D eigenvalue weighted by Crippen LogP contribution is -2.27. The molecule has 1 heterocycles. The van der Waals surface area contributed by atoms with Crippen LogP contribution in [0.1, 0.15) is 89.4 Å². The number of hydrogen-bond donors (Lipinski definition) is 1. The van der Waals surface area contributed by atoms with Crippen LogP contribution in [0.3, 0.4) is 0 Å². The van der Waals surface area contributed by atoms with E-state index in [1.165, 1.54) is 44.9 Å². The Morgan fingerprint density at radius 3 is 2.26 bits per heavy atom. The lowest BCUT2D eigenvalue weighted by Gasteiger charge is -2.23. The van der Waals surface area contributed by atoms with Crippen molar-refractivity contribution in [2.45, 2.75) is 77.7 Å². The summed E-state index contributed by atoms with van der Waals surface area (Å²) in [6.07, 6.45) is 8.93. The first-order chi connectivity index (χ1) is 8.98. The minimum atomic E-state index is -0.168. The number of nitrogens with two attached hydrogens (primary N) is 1. The maximum absolute atomic E-state index is 6.19. The molecule has 1 atom stereocenters. The highest BCUT2D eigenvalue weighted by molar-refractivity contribution is 5.01. The second kappa shape index (κ2) is 6.04. The third-order valence-corrected chi connectivity index (χ3v) is 4.12. The third kappa shape index (κ3) is 3.78. The van der Waals surface area contributed by atoms with Crippen LogP contribution in [0.5, 0.6) is 0 Å². The van der Waals surface area contributed by atoms with Crippen molar-refractivity contribution in [2.75, 3.05) is 0 Å². The average Bonchev–Trinajstić information content (AvgIpc) is 2.75. The maximum atomic E-state index is 6.19. The van der Waals surface area contributed by atoms with Crippen molar-refractivity contribution in [3.63, 3.8) is 0 Å². The highest BCUT2D eigenvalue weighted by Gasteiger charge is 2.28. The van der Waals surface area contributed by atoms with E-state index in [0.29, 0.717) is 11.7 Å². The first-order valence-corrected chi connectivity index (χ1v) is 7.57. The Morgan fingerprint density at radius 2 is 1.68 bits per heavy atom. The van der Waals surface area contributed by atoms with Crippen molar-refractivity contribution in [3.05, 3.63) is 11.7 Å². The molecule has 1 aliphatic carbocycles. The van der Waals surface area contributed by atoms with Gasteiger partial charge in [0.25, 0.3) is 0 Å². The van der Waals surface area contributed by atoms with Gasteiger partial charge in [0.2, 0.25) is 5.89 Å². The molecule has 1 aliphatic rings. The SMILES string of the molecule is CC(C)(C)C(N)c1noc(C2CCCCCCC2)n1. The van der Waals surface area contributed by atoms with Gasteiger partial charge in [0, 0.05) is 5.92 Å². The fourth-order valence-corrected chi connectivity index (χ4v) is 2.63. The van der Waals surface area contributed by atoms with E-state index in [0.717, 1.165) is 5.89 Å². The van der Waals surface area contributed by atoms with E-state index in [1.54, 1.807) is 0 Å². The van der Waals surface area contributed by atoms with Gasteiger partial charge in [0.15, 0.2) is 5.82 Å². The first-order valence-electron chi connectivity index (χ1n) is 7.57. The zero-order valence-electron chi connectivity index (χ0n) is 12.5. The lowest BCUT2D eigenvalue weighted by atomic mass is 9.87. The second-order valence-corrected chi connectivity index (χ2v) is 6.88. The predicted molar refractivity (Wildman–Crippen MR) is 75.7 cm³/mol. The van der Waals surface area contributed by atoms with Gasteiger partial charge in [-0.05, 0) is 18.3 Å². The Morgan fingerprint density at radius 1 is 1.11 bits per heavy atom. The van der Waals surface area contributed by atoms with Gasteiger partial charge < -0.3 is 10.3 Å². The van der Waals surface area contributed by atoms with Gasteiger partial charge in [-0.1, -0.05) is 58.0 Å². The largest absolute Gasteiger partial charge is 0.339 e. The average molecular weight is 265 g/mol. The summed E-state index contributed by atoms with van der Waals surface area (Å²) in [5, 5.41) is 4.10. The van der Waals surface area contributed by atoms with Crippen LogP contribution in [0.2, 0.25) is 0 Å². The molecule has 0 radical (unpaired) electrons. The molecule has 2 rings (SSSR count). The number of hydrogen-bond acceptors (Lipinski definition) is 4. The number of rotatable bonds is 2. The van der Waals surface area contributed by atoms with E-state index in [4.69, 9.17) is 10.3 Å². The molecule has 0 saturated heterocycles. The summed E-state index contributed by atoms with van der Waals surface area (Å²) in [5.41, 5.74) is 6.15. The van der Waals surface area contributed by atoms with Crippen molar-refractivity contribution >= 4 is 0 Å². The summed E-state index contributed by atoms with van der Waals surface area (Å²) < 4.78 is 5.48. The molecule has 1 unspecified atom stereocenters. The molecule has 0 aliphatic heterocycles. The van der Waals surface area contributed by atoms with Gasteiger partial charge in [-0.3, -0.25) is 0 Å². The molecule has 4 nitrogen and oxygen atoms in total. The van der Waals surface area contributed by atoms with Crippen LogP contribution < -0.4 is 5.73 Å². The van der Waals surface area contributed by atoms with E-state index >= 15 is 0 Å². The van der Waals surface area contributed by atoms with Crippen LogP contribution in [0.4, 0.5) is 0 Å². The number of aromatic nitrogens is 2. The summed E-state index contributed by atoms with van der Waals surface area (Å²) >= 11 is 0. The summed E-state index contributed by atoms with van der Waals surface area (Å²) in [6.45, 7) is 6.30. The van der Waals surface area contributed by atoms with Crippen LogP contribution in [-0.4, -0.2) is 10.1 Å². The Hall–Kier alpha value is -0.900. The van der Waals surface area contributed by atoms with Crippen molar-refractivity contribution in [1.29, 1.82) is 0 Å². The quantitative estimate of drug-likeness (QED) is 0.879. The Balaban J connectivity index is 2.06. The minimum absolute atomic E-state index is 0.0396. The van der Waals surface area contributed by atoms with Gasteiger partial charge in [-0.25, -0.2) is 0 Å². The van der Waals surface area contributed by atoms with Crippen molar-refractivity contribution in [2.24, 2.45) is 11.1 Å². The Labute approximate surface area is 116 Å². The van der Waals surface area contributed by atoms with Gasteiger partial charge in [-0.15, -0.1) is 0 Å². The molecule has 2 N–H and O–H groups in total. The molecule has 4 heteroatoms.